The quantitative estimate of drug-likeness (QED) is 0.685. The number of ether oxygens (including phenoxy) is 1. The number of piperazine rings is 1. The first kappa shape index (κ1) is 20.2. The number of aromatic hydroxyl groups is 1. The van der Waals surface area contributed by atoms with E-state index in [-0.39, 0.29) is 29.3 Å². The van der Waals surface area contributed by atoms with Crippen LogP contribution >= 0.6 is 0 Å². The van der Waals surface area contributed by atoms with E-state index in [1.165, 1.54) is 17.0 Å². The summed E-state index contributed by atoms with van der Waals surface area (Å²) in [4.78, 5) is 16.3. The highest BCUT2D eigenvalue weighted by atomic mass is 16.5. The normalized spacial score (nSPS) is 15.5. The zero-order valence-corrected chi connectivity index (χ0v) is 16.5. The number of phenols is 1. The fraction of sp³-hybridized carbons (Fsp3) is 0.409. The minimum atomic E-state index is -0.344. The molecule has 0 saturated carbocycles. The molecule has 6 nitrogen and oxygen atoms in total. The number of benzene rings is 2. The van der Waals surface area contributed by atoms with E-state index < -0.39 is 0 Å². The van der Waals surface area contributed by atoms with Gasteiger partial charge in [0.25, 0.3) is 0 Å². The van der Waals surface area contributed by atoms with Crippen LogP contribution in [0, 0.1) is 0 Å². The number of methoxy groups -OCH3 is 1. The first-order chi connectivity index (χ1) is 13.5. The maximum absolute atomic E-state index is 12.9. The summed E-state index contributed by atoms with van der Waals surface area (Å²) in [7, 11) is 1.59. The summed E-state index contributed by atoms with van der Waals surface area (Å²) in [5.74, 6) is 0.126. The molecule has 6 heteroatoms. The number of rotatable bonds is 7. The summed E-state index contributed by atoms with van der Waals surface area (Å²) in [6.07, 6.45) is 0.144. The molecular weight excluding hydrogens is 356 g/mol. The van der Waals surface area contributed by atoms with Crippen LogP contribution in [0.2, 0.25) is 0 Å². The Morgan fingerprint density at radius 3 is 2.46 bits per heavy atom. The van der Waals surface area contributed by atoms with Gasteiger partial charge in [0.2, 0.25) is 0 Å². The lowest BCUT2D eigenvalue weighted by atomic mass is 9.99. The highest BCUT2D eigenvalue weighted by Crippen LogP contribution is 2.29. The molecule has 1 saturated heterocycles. The molecule has 0 radical (unpaired) electrons. The van der Waals surface area contributed by atoms with Crippen molar-refractivity contribution < 1.29 is 24.6 Å². The van der Waals surface area contributed by atoms with Crippen molar-refractivity contribution in [1.82, 2.24) is 4.90 Å². The van der Waals surface area contributed by atoms with Gasteiger partial charge in [-0.3, -0.25) is 9.69 Å². The van der Waals surface area contributed by atoms with Crippen LogP contribution in [0.1, 0.15) is 28.4 Å². The highest BCUT2D eigenvalue weighted by Gasteiger charge is 2.21. The second kappa shape index (κ2) is 9.08. The van der Waals surface area contributed by atoms with Gasteiger partial charge in [0, 0.05) is 30.6 Å². The number of likely N-dealkylation sites (N-methyl/N-ethyl adjacent to an activating group) is 1. The van der Waals surface area contributed by atoms with Gasteiger partial charge in [0.05, 0.1) is 20.2 Å². The Hall–Kier alpha value is -2.57. The minimum absolute atomic E-state index is 0.0172. The molecule has 0 amide bonds. The van der Waals surface area contributed by atoms with Crippen molar-refractivity contribution in [1.29, 1.82) is 0 Å². The SMILES string of the molecule is CCN1CC[NH+](Cc2c(O)ccc(C(=O)Cc3ccc(OC)cc3)c2[O-])CC1. The average molecular weight is 384 g/mol. The molecule has 0 unspecified atom stereocenters. The zero-order valence-electron chi connectivity index (χ0n) is 16.5. The molecule has 3 rings (SSSR count). The number of carbonyl (C=O) groups excluding carboxylic acids is 1. The summed E-state index contributed by atoms with van der Waals surface area (Å²) in [6, 6.07) is 10.1. The highest BCUT2D eigenvalue weighted by molar-refractivity contribution is 6.00. The fourth-order valence-corrected chi connectivity index (χ4v) is 3.64. The molecule has 0 aliphatic carbocycles. The van der Waals surface area contributed by atoms with Crippen LogP contribution in [0.4, 0.5) is 0 Å². The Balaban J connectivity index is 1.73. The molecule has 2 aromatic rings. The third kappa shape index (κ3) is 4.64. The van der Waals surface area contributed by atoms with Crippen molar-refractivity contribution in [3.05, 3.63) is 53.1 Å². The van der Waals surface area contributed by atoms with E-state index in [0.717, 1.165) is 44.0 Å². The number of hydrogen-bond donors (Lipinski definition) is 2. The fourth-order valence-electron chi connectivity index (χ4n) is 3.64. The van der Waals surface area contributed by atoms with Gasteiger partial charge in [0.15, 0.2) is 5.78 Å². The molecule has 2 N–H and O–H groups in total. The summed E-state index contributed by atoms with van der Waals surface area (Å²) in [5, 5.41) is 23.1. The van der Waals surface area contributed by atoms with Crippen LogP contribution < -0.4 is 14.7 Å². The summed E-state index contributed by atoms with van der Waals surface area (Å²) in [5.41, 5.74) is 1.32. The number of phenolic OH excluding ortho intramolecular Hbond substituents is 1. The van der Waals surface area contributed by atoms with Crippen molar-refractivity contribution in [3.8, 4) is 17.2 Å². The predicted octanol–water partition coefficient (Wildman–Crippen LogP) is 0.620. The second-order valence-electron chi connectivity index (χ2n) is 7.25. The van der Waals surface area contributed by atoms with Gasteiger partial charge in [-0.25, -0.2) is 0 Å². The Morgan fingerprint density at radius 1 is 1.18 bits per heavy atom. The van der Waals surface area contributed by atoms with E-state index in [9.17, 15) is 15.0 Å². The maximum atomic E-state index is 12.9. The molecule has 1 aliphatic rings. The number of hydrogen-bond acceptors (Lipinski definition) is 5. The van der Waals surface area contributed by atoms with Gasteiger partial charge in [-0.1, -0.05) is 24.8 Å². The Labute approximate surface area is 166 Å². The van der Waals surface area contributed by atoms with Crippen LogP contribution in [0.3, 0.4) is 0 Å². The van der Waals surface area contributed by atoms with Crippen LogP contribution in [0.5, 0.6) is 17.2 Å². The summed E-state index contributed by atoms with van der Waals surface area (Å²) >= 11 is 0. The van der Waals surface area contributed by atoms with Crippen molar-refractivity contribution in [2.24, 2.45) is 0 Å². The van der Waals surface area contributed by atoms with Crippen LogP contribution in [-0.2, 0) is 13.0 Å². The molecule has 2 aromatic carbocycles. The average Bonchev–Trinajstić information content (AvgIpc) is 2.72. The van der Waals surface area contributed by atoms with E-state index in [0.29, 0.717) is 12.1 Å². The van der Waals surface area contributed by atoms with E-state index in [4.69, 9.17) is 4.74 Å². The smallest absolute Gasteiger partial charge is 0.166 e. The Morgan fingerprint density at radius 2 is 1.86 bits per heavy atom. The molecule has 1 fully saturated rings. The van der Waals surface area contributed by atoms with Crippen molar-refractivity contribution in [3.63, 3.8) is 0 Å². The molecule has 0 bridgehead atoms. The molecule has 0 aromatic heterocycles. The van der Waals surface area contributed by atoms with E-state index in [2.05, 4.69) is 11.8 Å². The number of carbonyl (C=O) groups is 1. The van der Waals surface area contributed by atoms with Gasteiger partial charge >= 0.3 is 0 Å². The largest absolute Gasteiger partial charge is 0.872 e. The second-order valence-corrected chi connectivity index (χ2v) is 7.25. The van der Waals surface area contributed by atoms with Gasteiger partial charge in [0.1, 0.15) is 18.0 Å². The molecular formula is C22H28N2O4. The third-order valence-corrected chi connectivity index (χ3v) is 5.50. The Kier molecular flexibility index (Phi) is 6.54. The molecule has 1 aliphatic heterocycles. The van der Waals surface area contributed by atoms with Crippen molar-refractivity contribution >= 4 is 5.78 Å². The first-order valence-electron chi connectivity index (χ1n) is 9.75. The standard InChI is InChI=1S/C22H28N2O4/c1-3-23-10-12-24(13-11-23)15-19-20(25)9-8-18(22(19)27)21(26)14-16-4-6-17(28-2)7-5-16/h4-9,25,27H,3,10-15H2,1-2H3. The van der Waals surface area contributed by atoms with Crippen LogP contribution in [-0.4, -0.2) is 55.6 Å². The summed E-state index contributed by atoms with van der Waals surface area (Å²) in [6.45, 7) is 7.44. The lowest BCUT2D eigenvalue weighted by molar-refractivity contribution is -0.918. The van der Waals surface area contributed by atoms with Gasteiger partial charge < -0.3 is 19.8 Å². The molecule has 28 heavy (non-hydrogen) atoms. The third-order valence-electron chi connectivity index (χ3n) is 5.50. The number of ketones is 1. The van der Waals surface area contributed by atoms with Crippen LogP contribution in [0.15, 0.2) is 36.4 Å². The van der Waals surface area contributed by atoms with Crippen molar-refractivity contribution in [2.75, 3.05) is 39.8 Å². The number of Topliss-reactive ketones (excluding diaryl/α,β-unsaturated/α-hetero) is 1. The van der Waals surface area contributed by atoms with Crippen molar-refractivity contribution in [2.45, 2.75) is 19.9 Å². The van der Waals surface area contributed by atoms with E-state index >= 15 is 0 Å². The maximum Gasteiger partial charge on any atom is 0.166 e. The lowest BCUT2D eigenvalue weighted by Crippen LogP contribution is -3.13. The molecule has 1 heterocycles. The van der Waals surface area contributed by atoms with E-state index in [1.54, 1.807) is 19.2 Å². The molecule has 0 atom stereocenters. The van der Waals surface area contributed by atoms with Gasteiger partial charge in [-0.05, 0) is 36.4 Å². The molecule has 150 valence electrons. The first-order valence-corrected chi connectivity index (χ1v) is 9.75. The van der Waals surface area contributed by atoms with Crippen LogP contribution in [0.25, 0.3) is 0 Å². The lowest BCUT2D eigenvalue weighted by Gasteiger charge is -2.32. The minimum Gasteiger partial charge on any atom is -0.872 e. The monoisotopic (exact) mass is 384 g/mol. The Bertz CT molecular complexity index is 812. The van der Waals surface area contributed by atoms with E-state index in [1.807, 2.05) is 12.1 Å². The topological polar surface area (TPSA) is 77.3 Å². The van der Waals surface area contributed by atoms with Gasteiger partial charge in [-0.15, -0.1) is 0 Å². The van der Waals surface area contributed by atoms with Gasteiger partial charge in [-0.2, -0.15) is 0 Å². The summed E-state index contributed by atoms with van der Waals surface area (Å²) < 4.78 is 5.12. The number of nitrogens with one attached hydrogen (secondary N) is 1. The predicted molar refractivity (Wildman–Crippen MR) is 105 cm³/mol. The molecule has 0 spiro atoms. The number of nitrogens with zero attached hydrogens (tertiary/aromatic N) is 1. The number of quaternary nitrogens is 1. The zero-order chi connectivity index (χ0) is 20.1.